The van der Waals surface area contributed by atoms with Crippen LogP contribution in [0, 0.1) is 0 Å². The highest BCUT2D eigenvalue weighted by Crippen LogP contribution is 2.30. The summed E-state index contributed by atoms with van der Waals surface area (Å²) in [4.78, 5) is 0. The van der Waals surface area contributed by atoms with Crippen molar-refractivity contribution in [2.45, 2.75) is 105 Å². The van der Waals surface area contributed by atoms with Crippen molar-refractivity contribution in [1.29, 1.82) is 0 Å². The second kappa shape index (κ2) is 10.4. The fourth-order valence-electron chi connectivity index (χ4n) is 4.38. The molecule has 2 aliphatic heterocycles. The van der Waals surface area contributed by atoms with E-state index in [1.165, 1.54) is 0 Å². The quantitative estimate of drug-likeness (QED) is 0.180. The van der Waals surface area contributed by atoms with E-state index in [2.05, 4.69) is 0 Å². The highest BCUT2D eigenvalue weighted by atomic mass is 16.7. The van der Waals surface area contributed by atoms with E-state index in [1.54, 1.807) is 6.92 Å². The molecular weight excluding hydrogens is 430 g/mol. The minimum Gasteiger partial charge on any atom is -0.388 e. The molecular formula is C18H37N5O9. The van der Waals surface area contributed by atoms with E-state index in [-0.39, 0.29) is 13.0 Å². The SMILES string of the molecule is C[C@H]1O[C@H](O[C@@H]2[C@@H](O)[C@H](O[C@H]3O[C@H](CN)[C@@H](O)[C@H](O)[C@H]3N)[C@@H](N)C[C@H]2N)[C@H](O)[C@@H](O)[C@@H]1N. The topological polar surface area (TPSA) is 268 Å². The van der Waals surface area contributed by atoms with Crippen LogP contribution >= 0.6 is 0 Å². The van der Waals surface area contributed by atoms with Crippen molar-refractivity contribution in [2.24, 2.45) is 28.7 Å². The number of rotatable bonds is 5. The zero-order valence-corrected chi connectivity index (χ0v) is 17.8. The first kappa shape index (κ1) is 26.1. The molecule has 3 rings (SSSR count). The summed E-state index contributed by atoms with van der Waals surface area (Å²) < 4.78 is 22.7. The van der Waals surface area contributed by atoms with E-state index in [9.17, 15) is 25.5 Å². The number of hydrogen-bond acceptors (Lipinski definition) is 14. The summed E-state index contributed by atoms with van der Waals surface area (Å²) in [5.41, 5.74) is 29.6. The molecule has 32 heavy (non-hydrogen) atoms. The maximum atomic E-state index is 11.0. The molecule has 2 heterocycles. The van der Waals surface area contributed by atoms with Gasteiger partial charge in [0, 0.05) is 18.6 Å². The van der Waals surface area contributed by atoms with E-state index in [0.29, 0.717) is 0 Å². The van der Waals surface area contributed by atoms with Crippen LogP contribution in [-0.2, 0) is 18.9 Å². The minimum atomic E-state index is -1.47. The van der Waals surface area contributed by atoms with E-state index < -0.39 is 91.7 Å². The Morgan fingerprint density at radius 1 is 0.719 bits per heavy atom. The van der Waals surface area contributed by atoms with Crippen LogP contribution in [0.1, 0.15) is 13.3 Å². The molecule has 14 nitrogen and oxygen atoms in total. The summed E-state index contributed by atoms with van der Waals surface area (Å²) in [6, 6.07) is -3.44. The van der Waals surface area contributed by atoms with E-state index in [4.69, 9.17) is 47.6 Å². The third-order valence-electron chi connectivity index (χ3n) is 6.54. The van der Waals surface area contributed by atoms with Crippen molar-refractivity contribution in [2.75, 3.05) is 6.54 Å². The Balaban J connectivity index is 1.71. The third-order valence-corrected chi connectivity index (χ3v) is 6.54. The average Bonchev–Trinajstić information content (AvgIpc) is 2.75. The van der Waals surface area contributed by atoms with Gasteiger partial charge in [0.1, 0.15) is 48.8 Å². The van der Waals surface area contributed by atoms with Gasteiger partial charge in [0.2, 0.25) is 0 Å². The lowest BCUT2D eigenvalue weighted by Crippen LogP contribution is -2.69. The van der Waals surface area contributed by atoms with Crippen molar-refractivity contribution in [3.63, 3.8) is 0 Å². The summed E-state index contributed by atoms with van der Waals surface area (Å²) in [6.07, 6.45) is -12.9. The molecule has 0 aromatic carbocycles. The van der Waals surface area contributed by atoms with Crippen molar-refractivity contribution in [1.82, 2.24) is 0 Å². The van der Waals surface area contributed by atoms with Gasteiger partial charge in [-0.05, 0) is 13.3 Å². The van der Waals surface area contributed by atoms with Crippen LogP contribution in [0.4, 0.5) is 0 Å². The van der Waals surface area contributed by atoms with Crippen LogP contribution in [0.15, 0.2) is 0 Å². The molecule has 15 atom stereocenters. The first-order chi connectivity index (χ1) is 15.0. The van der Waals surface area contributed by atoms with Gasteiger partial charge in [-0.1, -0.05) is 0 Å². The Hall–Kier alpha value is -0.560. The highest BCUT2D eigenvalue weighted by molar-refractivity contribution is 5.01. The lowest BCUT2D eigenvalue weighted by molar-refractivity contribution is -0.316. The first-order valence-electron chi connectivity index (χ1n) is 10.7. The lowest BCUT2D eigenvalue weighted by Gasteiger charge is -2.48. The van der Waals surface area contributed by atoms with Gasteiger partial charge < -0.3 is 73.1 Å². The summed E-state index contributed by atoms with van der Waals surface area (Å²) in [5.74, 6) is 0. The Bertz CT molecular complexity index is 621. The normalized spacial score (nSPS) is 55.0. The molecule has 0 amide bonds. The van der Waals surface area contributed by atoms with Crippen LogP contribution in [0.2, 0.25) is 0 Å². The molecule has 188 valence electrons. The van der Waals surface area contributed by atoms with Crippen LogP contribution in [0.25, 0.3) is 0 Å². The molecule has 0 unspecified atom stereocenters. The minimum absolute atomic E-state index is 0.0970. The van der Waals surface area contributed by atoms with Crippen LogP contribution < -0.4 is 28.7 Å². The molecule has 0 aromatic rings. The average molecular weight is 468 g/mol. The summed E-state index contributed by atoms with van der Waals surface area (Å²) in [7, 11) is 0. The van der Waals surface area contributed by atoms with Crippen LogP contribution in [0.3, 0.4) is 0 Å². The monoisotopic (exact) mass is 467 g/mol. The van der Waals surface area contributed by atoms with Gasteiger partial charge in [-0.25, -0.2) is 0 Å². The predicted molar refractivity (Wildman–Crippen MR) is 108 cm³/mol. The van der Waals surface area contributed by atoms with Gasteiger partial charge in [-0.3, -0.25) is 0 Å². The lowest BCUT2D eigenvalue weighted by atomic mass is 9.84. The number of aliphatic hydroxyl groups is 5. The van der Waals surface area contributed by atoms with Gasteiger partial charge in [0.15, 0.2) is 12.6 Å². The van der Waals surface area contributed by atoms with Crippen LogP contribution in [0.5, 0.6) is 0 Å². The molecule has 0 spiro atoms. The van der Waals surface area contributed by atoms with Crippen molar-refractivity contribution in [3.05, 3.63) is 0 Å². The molecule has 2 saturated heterocycles. The maximum absolute atomic E-state index is 11.0. The largest absolute Gasteiger partial charge is 0.388 e. The Morgan fingerprint density at radius 3 is 1.81 bits per heavy atom. The molecule has 3 fully saturated rings. The van der Waals surface area contributed by atoms with Gasteiger partial charge in [0.25, 0.3) is 0 Å². The molecule has 3 aliphatic rings. The molecule has 15 N–H and O–H groups in total. The van der Waals surface area contributed by atoms with Gasteiger partial charge in [-0.15, -0.1) is 0 Å². The van der Waals surface area contributed by atoms with Gasteiger partial charge in [-0.2, -0.15) is 0 Å². The maximum Gasteiger partial charge on any atom is 0.186 e. The third kappa shape index (κ3) is 4.94. The Labute approximate surface area is 185 Å². The first-order valence-corrected chi connectivity index (χ1v) is 10.7. The fraction of sp³-hybridized carbons (Fsp3) is 1.00. The number of nitrogens with two attached hydrogens (primary N) is 5. The zero-order valence-electron chi connectivity index (χ0n) is 17.8. The van der Waals surface area contributed by atoms with Crippen LogP contribution in [-0.4, -0.2) is 124 Å². The molecule has 1 aliphatic carbocycles. The molecule has 0 radical (unpaired) electrons. The summed E-state index contributed by atoms with van der Waals surface area (Å²) in [5, 5.41) is 51.6. The van der Waals surface area contributed by atoms with E-state index in [1.807, 2.05) is 0 Å². The second-order valence-corrected chi connectivity index (χ2v) is 8.86. The van der Waals surface area contributed by atoms with E-state index in [0.717, 1.165) is 0 Å². The number of aliphatic hydroxyl groups excluding tert-OH is 5. The Kier molecular flexibility index (Phi) is 8.44. The second-order valence-electron chi connectivity index (χ2n) is 8.86. The molecule has 1 saturated carbocycles. The fourth-order valence-corrected chi connectivity index (χ4v) is 4.38. The standard InChI is InChI=1S/C18H37N5O9/c1-4-8(22)11(25)13(27)18(29-4)32-16-6(21)2-5(20)15(14(16)28)31-17-9(23)12(26)10(24)7(3-19)30-17/h4-18,24-28H,2-3,19-23H2,1H3/t4-,5+,6-,7-,8-,9-,10-,11+,12-,13-,14+,15-,16+,17-,18-/m1/s1. The summed E-state index contributed by atoms with van der Waals surface area (Å²) >= 11 is 0. The van der Waals surface area contributed by atoms with Crippen molar-refractivity contribution < 1.29 is 44.5 Å². The number of ether oxygens (including phenoxy) is 4. The molecule has 14 heteroatoms. The van der Waals surface area contributed by atoms with E-state index >= 15 is 0 Å². The predicted octanol–water partition coefficient (Wildman–Crippen LogP) is -6.30. The summed E-state index contributed by atoms with van der Waals surface area (Å²) in [6.45, 7) is 1.52. The highest BCUT2D eigenvalue weighted by Gasteiger charge is 2.50. The van der Waals surface area contributed by atoms with Crippen molar-refractivity contribution in [3.8, 4) is 0 Å². The smallest absolute Gasteiger partial charge is 0.186 e. The number of hydrogen-bond donors (Lipinski definition) is 10. The Morgan fingerprint density at radius 2 is 1.25 bits per heavy atom. The van der Waals surface area contributed by atoms with Crippen molar-refractivity contribution >= 4 is 0 Å². The molecule has 0 aromatic heterocycles. The molecule has 0 bridgehead atoms. The van der Waals surface area contributed by atoms with Gasteiger partial charge >= 0.3 is 0 Å². The zero-order chi connectivity index (χ0) is 23.9. The van der Waals surface area contributed by atoms with Gasteiger partial charge in [0.05, 0.1) is 18.2 Å².